The number of alkyl halides is 3. The van der Waals surface area contributed by atoms with Gasteiger partial charge in [-0.3, -0.25) is 4.79 Å². The van der Waals surface area contributed by atoms with Gasteiger partial charge in [-0.2, -0.15) is 13.2 Å². The van der Waals surface area contributed by atoms with Crippen LogP contribution in [0.25, 0.3) is 0 Å². The molecule has 0 aromatic heterocycles. The van der Waals surface area contributed by atoms with E-state index in [2.05, 4.69) is 15.6 Å². The van der Waals surface area contributed by atoms with Crippen LogP contribution < -0.4 is 15.5 Å². The van der Waals surface area contributed by atoms with Crippen LogP contribution in [0.1, 0.15) is 16.7 Å². The highest BCUT2D eigenvalue weighted by Crippen LogP contribution is 2.30. The summed E-state index contributed by atoms with van der Waals surface area (Å²) in [5.41, 5.74) is 0.509. The maximum absolute atomic E-state index is 14.6. The number of rotatable bonds is 3. The molecule has 6 nitrogen and oxygen atoms in total. The second-order valence-electron chi connectivity index (χ2n) is 7.45. The fraction of sp³-hybridized carbons (Fsp3) is 0.125. The van der Waals surface area contributed by atoms with Crippen LogP contribution in [0.15, 0.2) is 77.8 Å². The Balaban J connectivity index is 1.64. The first kappa shape index (κ1) is 23.0. The Morgan fingerprint density at radius 1 is 0.941 bits per heavy atom. The summed E-state index contributed by atoms with van der Waals surface area (Å²) in [6.45, 7) is 0. The maximum atomic E-state index is 14.6. The summed E-state index contributed by atoms with van der Waals surface area (Å²) in [6.07, 6.45) is -5.92. The van der Waals surface area contributed by atoms with Crippen LogP contribution >= 0.6 is 0 Å². The van der Waals surface area contributed by atoms with Gasteiger partial charge in [-0.1, -0.05) is 30.3 Å². The first-order chi connectivity index (χ1) is 16.1. The highest BCUT2D eigenvalue weighted by molar-refractivity contribution is 6.20. The monoisotopic (exact) mass is 470 g/mol. The Morgan fingerprint density at radius 3 is 2.21 bits per heavy atom. The fourth-order valence-electron chi connectivity index (χ4n) is 3.52. The second-order valence-corrected chi connectivity index (χ2v) is 7.45. The number of nitrogens with zero attached hydrogens (tertiary/aromatic N) is 2. The number of benzodiazepines with no additional fused rings is 1. The molecular weight excluding hydrogens is 452 g/mol. The lowest BCUT2D eigenvalue weighted by atomic mass is 10.00. The van der Waals surface area contributed by atoms with Gasteiger partial charge in [0.2, 0.25) is 6.17 Å². The molecular formula is C24H18F4N4O2. The molecule has 1 heterocycles. The number of carbonyl (C=O) groups excluding carboxylic acids is 2. The summed E-state index contributed by atoms with van der Waals surface area (Å²) in [5, 5.41) is 4.79. The highest BCUT2D eigenvalue weighted by atomic mass is 19.4. The Kier molecular flexibility index (Phi) is 6.06. The number of carbonyl (C=O) groups is 2. The number of fused-ring (bicyclic) bond motifs is 1. The van der Waals surface area contributed by atoms with E-state index in [4.69, 9.17) is 0 Å². The lowest BCUT2D eigenvalue weighted by Crippen LogP contribution is -2.47. The number of likely N-dealkylation sites (N-methyl/N-ethyl adjacent to an activating group) is 1. The van der Waals surface area contributed by atoms with Crippen LogP contribution in [-0.4, -0.2) is 30.9 Å². The van der Waals surface area contributed by atoms with E-state index in [0.29, 0.717) is 11.3 Å². The number of hydrogen-bond donors (Lipinski definition) is 2. The minimum atomic E-state index is -4.51. The Morgan fingerprint density at radius 2 is 1.56 bits per heavy atom. The maximum Gasteiger partial charge on any atom is 0.416 e. The van der Waals surface area contributed by atoms with Gasteiger partial charge in [0.1, 0.15) is 5.82 Å². The van der Waals surface area contributed by atoms with Crippen molar-refractivity contribution in [1.29, 1.82) is 0 Å². The average Bonchev–Trinajstić information content (AvgIpc) is 2.90. The summed E-state index contributed by atoms with van der Waals surface area (Å²) < 4.78 is 52.9. The highest BCUT2D eigenvalue weighted by Gasteiger charge is 2.32. The molecule has 0 saturated heterocycles. The van der Waals surface area contributed by atoms with Crippen molar-refractivity contribution in [2.75, 3.05) is 17.3 Å². The van der Waals surface area contributed by atoms with Gasteiger partial charge in [-0.05, 0) is 42.5 Å². The number of para-hydroxylation sites is 1. The summed E-state index contributed by atoms with van der Waals surface area (Å²) in [6, 6.07) is 15.7. The van der Waals surface area contributed by atoms with Crippen molar-refractivity contribution in [1.82, 2.24) is 5.32 Å². The van der Waals surface area contributed by atoms with Crippen molar-refractivity contribution in [3.63, 3.8) is 0 Å². The lowest BCUT2D eigenvalue weighted by Gasteiger charge is -2.21. The Bertz CT molecular complexity index is 1270. The van der Waals surface area contributed by atoms with Crippen molar-refractivity contribution >= 4 is 29.0 Å². The second kappa shape index (κ2) is 8.97. The van der Waals surface area contributed by atoms with E-state index in [-0.39, 0.29) is 17.0 Å². The standard InChI is InChI=1S/C24H18F4N4O2/c1-32-19-9-5-3-7-17(19)20(16-6-2-4-8-18(16)25)30-21(22(32)33)31-23(34)29-15-12-10-14(11-13-15)24(26,27)28/h2-13,21H,1H3,(H2,29,31,34). The third-order valence-electron chi connectivity index (χ3n) is 5.21. The van der Waals surface area contributed by atoms with Gasteiger partial charge in [0.25, 0.3) is 5.91 Å². The molecule has 34 heavy (non-hydrogen) atoms. The quantitative estimate of drug-likeness (QED) is 0.540. The molecule has 4 rings (SSSR count). The molecule has 1 aliphatic heterocycles. The molecule has 3 aromatic rings. The number of hydrogen-bond acceptors (Lipinski definition) is 3. The van der Waals surface area contributed by atoms with E-state index in [1.165, 1.54) is 30.1 Å². The third kappa shape index (κ3) is 4.61. The SMILES string of the molecule is CN1C(=O)C(NC(=O)Nc2ccc(C(F)(F)F)cc2)N=C(c2ccccc2F)c2ccccc21. The lowest BCUT2D eigenvalue weighted by molar-refractivity contribution is -0.137. The number of urea groups is 1. The Hall–Kier alpha value is -4.21. The summed E-state index contributed by atoms with van der Waals surface area (Å²) >= 11 is 0. The predicted octanol–water partition coefficient (Wildman–Crippen LogP) is 4.81. The molecule has 1 unspecified atom stereocenters. The topological polar surface area (TPSA) is 73.8 Å². The largest absolute Gasteiger partial charge is 0.416 e. The van der Waals surface area contributed by atoms with Gasteiger partial charge < -0.3 is 15.5 Å². The van der Waals surface area contributed by atoms with Crippen LogP contribution in [0, 0.1) is 5.82 Å². The molecule has 3 aromatic carbocycles. The molecule has 1 aliphatic rings. The minimum Gasteiger partial charge on any atom is -0.311 e. The van der Waals surface area contributed by atoms with E-state index in [9.17, 15) is 27.2 Å². The summed E-state index contributed by atoms with van der Waals surface area (Å²) in [4.78, 5) is 31.3. The Labute approximate surface area is 191 Å². The molecule has 10 heteroatoms. The number of amides is 3. The number of halogens is 4. The van der Waals surface area contributed by atoms with E-state index in [1.54, 1.807) is 30.3 Å². The van der Waals surface area contributed by atoms with Crippen LogP contribution in [0.4, 0.5) is 33.7 Å². The van der Waals surface area contributed by atoms with E-state index in [1.807, 2.05) is 0 Å². The number of benzene rings is 3. The average molecular weight is 470 g/mol. The molecule has 0 bridgehead atoms. The zero-order valence-electron chi connectivity index (χ0n) is 17.7. The number of nitrogens with one attached hydrogen (secondary N) is 2. The van der Waals surface area contributed by atoms with Crippen LogP contribution in [0.3, 0.4) is 0 Å². The van der Waals surface area contributed by atoms with E-state index < -0.39 is 35.7 Å². The van der Waals surface area contributed by atoms with E-state index >= 15 is 0 Å². The smallest absolute Gasteiger partial charge is 0.311 e. The van der Waals surface area contributed by atoms with Crippen molar-refractivity contribution in [2.45, 2.75) is 12.3 Å². The van der Waals surface area contributed by atoms with Gasteiger partial charge in [-0.25, -0.2) is 14.2 Å². The molecule has 3 amide bonds. The van der Waals surface area contributed by atoms with Crippen molar-refractivity contribution in [3.05, 3.63) is 95.3 Å². The van der Waals surface area contributed by atoms with E-state index in [0.717, 1.165) is 24.3 Å². The molecule has 0 aliphatic carbocycles. The van der Waals surface area contributed by atoms with Gasteiger partial charge >= 0.3 is 12.2 Å². The molecule has 0 fully saturated rings. The molecule has 1 atom stereocenters. The first-order valence-electron chi connectivity index (χ1n) is 10.1. The van der Waals surface area contributed by atoms with Crippen LogP contribution in [-0.2, 0) is 11.0 Å². The molecule has 0 spiro atoms. The number of aliphatic imine (C=N–C) groups is 1. The molecule has 0 radical (unpaired) electrons. The minimum absolute atomic E-state index is 0.0847. The van der Waals surface area contributed by atoms with Gasteiger partial charge in [0, 0.05) is 23.9 Å². The molecule has 0 saturated carbocycles. The van der Waals surface area contributed by atoms with Crippen molar-refractivity contribution in [2.24, 2.45) is 4.99 Å². The predicted molar refractivity (Wildman–Crippen MR) is 119 cm³/mol. The first-order valence-corrected chi connectivity index (χ1v) is 10.1. The van der Waals surface area contributed by atoms with Gasteiger partial charge in [-0.15, -0.1) is 0 Å². The van der Waals surface area contributed by atoms with Crippen LogP contribution in [0.2, 0.25) is 0 Å². The third-order valence-corrected chi connectivity index (χ3v) is 5.21. The summed E-state index contributed by atoms with van der Waals surface area (Å²) in [7, 11) is 1.50. The van der Waals surface area contributed by atoms with Crippen molar-refractivity contribution < 1.29 is 27.2 Å². The van der Waals surface area contributed by atoms with Gasteiger partial charge in [0.05, 0.1) is 17.0 Å². The zero-order chi connectivity index (χ0) is 24.5. The fourth-order valence-corrected chi connectivity index (χ4v) is 3.52. The van der Waals surface area contributed by atoms with Crippen LogP contribution in [0.5, 0.6) is 0 Å². The summed E-state index contributed by atoms with van der Waals surface area (Å²) in [5.74, 6) is -1.14. The normalized spacial score (nSPS) is 15.8. The van der Waals surface area contributed by atoms with Crippen molar-refractivity contribution in [3.8, 4) is 0 Å². The molecule has 2 N–H and O–H groups in total. The van der Waals surface area contributed by atoms with Gasteiger partial charge in [0.15, 0.2) is 0 Å². The zero-order valence-corrected chi connectivity index (χ0v) is 17.7. The molecule has 174 valence electrons. The number of anilines is 2.